The topological polar surface area (TPSA) is 39.1 Å². The van der Waals surface area contributed by atoms with E-state index >= 15 is 0 Å². The van der Waals surface area contributed by atoms with E-state index in [9.17, 15) is 0 Å². The van der Waals surface area contributed by atoms with Gasteiger partial charge in [0.2, 0.25) is 11.4 Å². The second-order valence-electron chi connectivity index (χ2n) is 11.4. The number of fused-ring (bicyclic) bond motifs is 2. The third kappa shape index (κ3) is 4.89. The number of hydrogen-bond donors (Lipinski definition) is 0. The largest absolute Gasteiger partial charge is 0.497 e. The number of pyridine rings is 2. The molecule has 0 atom stereocenters. The molecule has 0 bridgehead atoms. The molecule has 0 spiro atoms. The molecule has 5 nitrogen and oxygen atoms in total. The molecule has 4 heterocycles. The molecule has 0 saturated heterocycles. The maximum Gasteiger partial charge on any atom is 0.237 e. The Morgan fingerprint density at radius 3 is 1.81 bits per heavy atom. The number of hydrogen-bond acceptors (Lipinski definition) is 3. The maximum absolute atomic E-state index is 5.72. The number of rotatable bonds is 7. The van der Waals surface area contributed by atoms with Gasteiger partial charge >= 0.3 is 0 Å². The highest BCUT2D eigenvalue weighted by Gasteiger charge is 2.38. The van der Waals surface area contributed by atoms with Crippen LogP contribution in [0.25, 0.3) is 39.2 Å². The van der Waals surface area contributed by atoms with Gasteiger partial charge in [0.25, 0.3) is 0 Å². The van der Waals surface area contributed by atoms with Gasteiger partial charge in [0.15, 0.2) is 11.9 Å². The number of methoxy groups -OCH3 is 2. The average Bonchev–Trinajstić information content (AvgIpc) is 3.65. The Bertz CT molecular complexity index is 2280. The SMILES string of the molecule is COc1ccc(C2=C(c3ccccc3)/C(=N\c3c(-c4ccccc4)c(-c4ccc(OC)cc4)n4ccccc34)c3cccc[n+]32)cc1. The summed E-state index contributed by atoms with van der Waals surface area (Å²) in [5.41, 5.74) is 12.5. The van der Waals surface area contributed by atoms with E-state index in [4.69, 9.17) is 14.5 Å². The number of aromatic nitrogens is 2. The molecule has 0 amide bonds. The molecule has 7 aromatic rings. The molecule has 226 valence electrons. The highest BCUT2D eigenvalue weighted by Crippen LogP contribution is 2.46. The Balaban J connectivity index is 1.47. The molecule has 47 heavy (non-hydrogen) atoms. The van der Waals surface area contributed by atoms with Crippen molar-refractivity contribution in [3.63, 3.8) is 0 Å². The molecule has 0 aliphatic carbocycles. The number of nitrogens with zero attached hydrogens (tertiary/aromatic N) is 3. The Labute approximate surface area is 274 Å². The van der Waals surface area contributed by atoms with Gasteiger partial charge in [-0.05, 0) is 83.4 Å². The number of benzene rings is 4. The molecular formula is C42H32N3O2+. The Morgan fingerprint density at radius 1 is 0.553 bits per heavy atom. The normalized spacial score (nSPS) is 13.3. The van der Waals surface area contributed by atoms with Gasteiger partial charge in [0.05, 0.1) is 36.7 Å². The quantitative estimate of drug-likeness (QED) is 0.169. The summed E-state index contributed by atoms with van der Waals surface area (Å²) >= 11 is 0. The lowest BCUT2D eigenvalue weighted by Crippen LogP contribution is -2.34. The first-order valence-electron chi connectivity index (χ1n) is 15.6. The first-order valence-corrected chi connectivity index (χ1v) is 15.6. The third-order valence-electron chi connectivity index (χ3n) is 8.71. The molecule has 0 unspecified atom stereocenters. The van der Waals surface area contributed by atoms with E-state index < -0.39 is 0 Å². The van der Waals surface area contributed by atoms with Crippen LogP contribution in [-0.4, -0.2) is 24.3 Å². The van der Waals surface area contributed by atoms with E-state index in [-0.39, 0.29) is 0 Å². The summed E-state index contributed by atoms with van der Waals surface area (Å²) in [6.07, 6.45) is 4.25. The van der Waals surface area contributed by atoms with Crippen molar-refractivity contribution in [1.82, 2.24) is 4.40 Å². The van der Waals surface area contributed by atoms with Crippen molar-refractivity contribution < 1.29 is 14.0 Å². The second-order valence-corrected chi connectivity index (χ2v) is 11.4. The van der Waals surface area contributed by atoms with Gasteiger partial charge in [-0.15, -0.1) is 0 Å². The van der Waals surface area contributed by atoms with Gasteiger partial charge in [-0.3, -0.25) is 0 Å². The molecule has 0 N–H and O–H groups in total. The smallest absolute Gasteiger partial charge is 0.237 e. The van der Waals surface area contributed by atoms with Gasteiger partial charge in [-0.2, -0.15) is 4.57 Å². The minimum Gasteiger partial charge on any atom is -0.497 e. The van der Waals surface area contributed by atoms with Crippen LogP contribution in [0.15, 0.2) is 163 Å². The number of aliphatic imine (C=N–C) groups is 1. The molecule has 1 aliphatic rings. The van der Waals surface area contributed by atoms with E-state index in [1.807, 2.05) is 24.3 Å². The first-order chi connectivity index (χ1) is 23.2. The number of ether oxygens (including phenoxy) is 2. The van der Waals surface area contributed by atoms with Crippen LogP contribution in [0.2, 0.25) is 0 Å². The van der Waals surface area contributed by atoms with E-state index in [0.29, 0.717) is 0 Å². The van der Waals surface area contributed by atoms with Crippen molar-refractivity contribution in [1.29, 1.82) is 0 Å². The summed E-state index contributed by atoms with van der Waals surface area (Å²) < 4.78 is 15.5. The number of allylic oxidation sites excluding steroid dienone is 1. The highest BCUT2D eigenvalue weighted by atomic mass is 16.5. The third-order valence-corrected chi connectivity index (χ3v) is 8.71. The van der Waals surface area contributed by atoms with E-state index in [1.54, 1.807) is 14.2 Å². The van der Waals surface area contributed by atoms with Gasteiger partial charge in [0.1, 0.15) is 11.5 Å². The fraction of sp³-hybridized carbons (Fsp3) is 0.0476. The van der Waals surface area contributed by atoms with Crippen molar-refractivity contribution in [3.05, 3.63) is 175 Å². The minimum atomic E-state index is 0.819. The lowest BCUT2D eigenvalue weighted by molar-refractivity contribution is -0.577. The zero-order chi connectivity index (χ0) is 31.7. The minimum absolute atomic E-state index is 0.819. The molecule has 8 rings (SSSR count). The van der Waals surface area contributed by atoms with Gasteiger partial charge in [-0.1, -0.05) is 66.7 Å². The molecule has 1 aliphatic heterocycles. The summed E-state index contributed by atoms with van der Waals surface area (Å²) in [6, 6.07) is 50.3. The average molecular weight is 611 g/mol. The Morgan fingerprint density at radius 2 is 1.15 bits per heavy atom. The maximum atomic E-state index is 5.72. The van der Waals surface area contributed by atoms with Crippen molar-refractivity contribution in [2.45, 2.75) is 0 Å². The predicted molar refractivity (Wildman–Crippen MR) is 189 cm³/mol. The summed E-state index contributed by atoms with van der Waals surface area (Å²) in [7, 11) is 3.39. The zero-order valence-electron chi connectivity index (χ0n) is 26.2. The summed E-state index contributed by atoms with van der Waals surface area (Å²) in [5, 5.41) is 0. The molecule has 0 fully saturated rings. The van der Waals surface area contributed by atoms with Crippen LogP contribution < -0.4 is 14.0 Å². The fourth-order valence-corrected chi connectivity index (χ4v) is 6.54. The molecule has 3 aromatic heterocycles. The van der Waals surface area contributed by atoms with Gasteiger partial charge in [0, 0.05) is 29.5 Å². The Hall–Kier alpha value is -6.20. The van der Waals surface area contributed by atoms with E-state index in [0.717, 1.165) is 78.9 Å². The van der Waals surface area contributed by atoms with Gasteiger partial charge < -0.3 is 13.9 Å². The summed E-state index contributed by atoms with van der Waals surface area (Å²) in [6.45, 7) is 0. The van der Waals surface area contributed by atoms with Crippen molar-refractivity contribution in [3.8, 4) is 33.9 Å². The monoisotopic (exact) mass is 610 g/mol. The zero-order valence-corrected chi connectivity index (χ0v) is 26.2. The fourth-order valence-electron chi connectivity index (χ4n) is 6.54. The molecule has 0 saturated carbocycles. The van der Waals surface area contributed by atoms with Gasteiger partial charge in [-0.25, -0.2) is 4.99 Å². The summed E-state index contributed by atoms with van der Waals surface area (Å²) in [4.78, 5) is 5.72. The van der Waals surface area contributed by atoms with Crippen molar-refractivity contribution >= 4 is 28.2 Å². The lowest BCUT2D eigenvalue weighted by Gasteiger charge is -2.09. The van der Waals surface area contributed by atoms with Crippen LogP contribution in [0.4, 0.5) is 5.69 Å². The van der Waals surface area contributed by atoms with Crippen LogP contribution in [0.3, 0.4) is 0 Å². The van der Waals surface area contributed by atoms with Crippen LogP contribution in [0.5, 0.6) is 11.5 Å². The second kappa shape index (κ2) is 12.0. The molecule has 5 heteroatoms. The van der Waals surface area contributed by atoms with E-state index in [2.05, 4.69) is 143 Å². The van der Waals surface area contributed by atoms with Crippen LogP contribution >= 0.6 is 0 Å². The van der Waals surface area contributed by atoms with Crippen LogP contribution in [0, 0.1) is 0 Å². The predicted octanol–water partition coefficient (Wildman–Crippen LogP) is 9.13. The lowest BCUT2D eigenvalue weighted by atomic mass is 9.96. The van der Waals surface area contributed by atoms with Crippen molar-refractivity contribution in [2.75, 3.05) is 14.2 Å². The molecule has 0 radical (unpaired) electrons. The summed E-state index contributed by atoms with van der Waals surface area (Å²) in [5.74, 6) is 1.64. The highest BCUT2D eigenvalue weighted by molar-refractivity contribution is 6.38. The first kappa shape index (κ1) is 28.3. The van der Waals surface area contributed by atoms with Crippen LogP contribution in [-0.2, 0) is 0 Å². The standard InChI is InChI=1S/C42H32N3O2/c1-46-33-23-19-31(20-24-33)41-37(29-13-5-3-6-14-29)39(35-17-9-11-27-44(35)41)43-40-36-18-10-12-28-45(36)42(32-21-25-34(47-2)26-22-32)38(40)30-15-7-4-8-16-30/h3-28H,1-2H3/q+1. The van der Waals surface area contributed by atoms with E-state index in [1.165, 1.54) is 0 Å². The Kier molecular flexibility index (Phi) is 7.19. The molecule has 4 aromatic carbocycles. The van der Waals surface area contributed by atoms with Crippen LogP contribution in [0.1, 0.15) is 16.8 Å². The van der Waals surface area contributed by atoms with Crippen molar-refractivity contribution in [2.24, 2.45) is 4.99 Å². The molecular weight excluding hydrogens is 578 g/mol.